The molecule has 1 aromatic rings. The Labute approximate surface area is 77.8 Å². The molecule has 1 heterocycles. The van der Waals surface area contributed by atoms with Crippen molar-refractivity contribution in [3.63, 3.8) is 0 Å². The average Bonchev–Trinajstić information content (AvgIpc) is 2.08. The highest BCUT2D eigenvalue weighted by Gasteiger charge is 2.02. The smallest absolute Gasteiger partial charge is 0.154 e. The highest BCUT2D eigenvalue weighted by atomic mass is 32.1. The van der Waals surface area contributed by atoms with Crippen LogP contribution in [0.5, 0.6) is 5.75 Å². The van der Waals surface area contributed by atoms with Crippen molar-refractivity contribution in [3.05, 3.63) is 22.0 Å². The summed E-state index contributed by atoms with van der Waals surface area (Å²) in [5.41, 5.74) is 2.38. The van der Waals surface area contributed by atoms with Crippen molar-refractivity contribution in [1.82, 2.24) is 4.57 Å². The van der Waals surface area contributed by atoms with Gasteiger partial charge in [-0.05, 0) is 25.5 Å². The summed E-state index contributed by atoms with van der Waals surface area (Å²) in [7, 11) is 3.59. The number of pyridine rings is 1. The van der Waals surface area contributed by atoms with Crippen molar-refractivity contribution in [2.45, 2.75) is 13.8 Å². The zero-order chi connectivity index (χ0) is 9.30. The SMILES string of the molecule is COc1cc(C)c(C)n(C)c1=S. The molecule has 1 rings (SSSR count). The lowest BCUT2D eigenvalue weighted by molar-refractivity contribution is 0.407. The maximum absolute atomic E-state index is 5.18. The van der Waals surface area contributed by atoms with E-state index in [9.17, 15) is 0 Å². The van der Waals surface area contributed by atoms with Crippen LogP contribution in [0.3, 0.4) is 0 Å². The molecule has 0 aromatic carbocycles. The molecule has 1 aromatic heterocycles. The number of rotatable bonds is 1. The molecule has 0 atom stereocenters. The number of methoxy groups -OCH3 is 1. The Kier molecular flexibility index (Phi) is 2.52. The zero-order valence-corrected chi connectivity index (χ0v) is 8.66. The molecule has 0 amide bonds. The minimum Gasteiger partial charge on any atom is -0.494 e. The third-order valence-corrected chi connectivity index (χ3v) is 2.63. The van der Waals surface area contributed by atoms with Crippen LogP contribution in [-0.2, 0) is 7.05 Å². The van der Waals surface area contributed by atoms with Crippen molar-refractivity contribution in [2.24, 2.45) is 7.05 Å². The zero-order valence-electron chi connectivity index (χ0n) is 7.84. The molecule has 0 fully saturated rings. The monoisotopic (exact) mass is 183 g/mol. The Balaban J connectivity index is 3.50. The van der Waals surface area contributed by atoms with Gasteiger partial charge in [0.05, 0.1) is 7.11 Å². The summed E-state index contributed by atoms with van der Waals surface area (Å²) in [6, 6.07) is 1.97. The van der Waals surface area contributed by atoms with E-state index >= 15 is 0 Å². The van der Waals surface area contributed by atoms with Gasteiger partial charge in [-0.25, -0.2) is 0 Å². The van der Waals surface area contributed by atoms with Crippen LogP contribution in [0.2, 0.25) is 0 Å². The fourth-order valence-corrected chi connectivity index (χ4v) is 1.37. The Morgan fingerprint density at radius 1 is 1.42 bits per heavy atom. The highest BCUT2D eigenvalue weighted by molar-refractivity contribution is 7.71. The molecule has 0 aliphatic carbocycles. The average molecular weight is 183 g/mol. The lowest BCUT2D eigenvalue weighted by Gasteiger charge is -2.10. The molecule has 0 N–H and O–H groups in total. The summed E-state index contributed by atoms with van der Waals surface area (Å²) in [4.78, 5) is 0. The first-order chi connectivity index (χ1) is 5.57. The molecule has 0 bridgehead atoms. The number of aromatic nitrogens is 1. The van der Waals surface area contributed by atoms with Gasteiger partial charge in [-0.2, -0.15) is 0 Å². The molecule has 66 valence electrons. The topological polar surface area (TPSA) is 14.2 Å². The number of hydrogen-bond acceptors (Lipinski definition) is 2. The molecule has 0 unspecified atom stereocenters. The van der Waals surface area contributed by atoms with E-state index in [-0.39, 0.29) is 0 Å². The number of ether oxygens (including phenoxy) is 1. The molecule has 0 saturated carbocycles. The summed E-state index contributed by atoms with van der Waals surface area (Å²) in [6.07, 6.45) is 0. The second kappa shape index (κ2) is 3.27. The predicted octanol–water partition coefficient (Wildman–Crippen LogP) is 2.38. The fourth-order valence-electron chi connectivity index (χ4n) is 1.09. The van der Waals surface area contributed by atoms with E-state index < -0.39 is 0 Å². The lowest BCUT2D eigenvalue weighted by atomic mass is 10.2. The van der Waals surface area contributed by atoms with E-state index in [1.165, 1.54) is 11.3 Å². The van der Waals surface area contributed by atoms with E-state index in [4.69, 9.17) is 17.0 Å². The van der Waals surface area contributed by atoms with Crippen LogP contribution in [0.1, 0.15) is 11.3 Å². The third-order valence-electron chi connectivity index (χ3n) is 2.16. The van der Waals surface area contributed by atoms with Crippen LogP contribution in [-0.4, -0.2) is 11.7 Å². The summed E-state index contributed by atoms with van der Waals surface area (Å²) in [5, 5.41) is 0. The summed E-state index contributed by atoms with van der Waals surface area (Å²) in [6.45, 7) is 4.09. The molecular weight excluding hydrogens is 170 g/mol. The molecule has 0 saturated heterocycles. The van der Waals surface area contributed by atoms with Gasteiger partial charge in [0.1, 0.15) is 4.64 Å². The molecule has 2 nitrogen and oxygen atoms in total. The van der Waals surface area contributed by atoms with Crippen LogP contribution >= 0.6 is 12.2 Å². The molecular formula is C9H13NOS. The lowest BCUT2D eigenvalue weighted by Crippen LogP contribution is -2.02. The first-order valence-corrected chi connectivity index (χ1v) is 4.20. The van der Waals surface area contributed by atoms with Gasteiger partial charge >= 0.3 is 0 Å². The fraction of sp³-hybridized carbons (Fsp3) is 0.444. The van der Waals surface area contributed by atoms with Crippen LogP contribution in [0.25, 0.3) is 0 Å². The van der Waals surface area contributed by atoms with Gasteiger partial charge in [0.15, 0.2) is 5.75 Å². The molecule has 0 aliphatic rings. The normalized spacial score (nSPS) is 10.0. The van der Waals surface area contributed by atoms with Gasteiger partial charge in [0, 0.05) is 12.7 Å². The van der Waals surface area contributed by atoms with Gasteiger partial charge in [0.25, 0.3) is 0 Å². The first kappa shape index (κ1) is 9.26. The summed E-state index contributed by atoms with van der Waals surface area (Å²) in [5.74, 6) is 0.774. The third kappa shape index (κ3) is 1.37. The second-order valence-corrected chi connectivity index (χ2v) is 3.23. The number of nitrogens with zero attached hydrogens (tertiary/aromatic N) is 1. The van der Waals surface area contributed by atoms with E-state index in [0.29, 0.717) is 0 Å². The molecule has 3 heteroatoms. The molecule has 12 heavy (non-hydrogen) atoms. The quantitative estimate of drug-likeness (QED) is 0.621. The van der Waals surface area contributed by atoms with E-state index in [2.05, 4.69) is 0 Å². The van der Waals surface area contributed by atoms with Gasteiger partial charge in [-0.15, -0.1) is 0 Å². The van der Waals surface area contributed by atoms with Crippen LogP contribution in [0, 0.1) is 18.5 Å². The van der Waals surface area contributed by atoms with Crippen molar-refractivity contribution in [1.29, 1.82) is 0 Å². The van der Waals surface area contributed by atoms with E-state index in [0.717, 1.165) is 10.4 Å². The number of hydrogen-bond donors (Lipinski definition) is 0. The standard InChI is InChI=1S/C9H13NOS/c1-6-5-8(11-4)9(12)10(3)7(6)2/h5H,1-4H3. The largest absolute Gasteiger partial charge is 0.494 e. The van der Waals surface area contributed by atoms with Gasteiger partial charge in [0.2, 0.25) is 0 Å². The minimum absolute atomic E-state index is 0.751. The maximum Gasteiger partial charge on any atom is 0.154 e. The predicted molar refractivity (Wildman–Crippen MR) is 52.3 cm³/mol. The minimum atomic E-state index is 0.751. The maximum atomic E-state index is 5.18. The molecule has 0 spiro atoms. The number of aryl methyl sites for hydroxylation is 1. The van der Waals surface area contributed by atoms with Crippen molar-refractivity contribution in [2.75, 3.05) is 7.11 Å². The second-order valence-electron chi connectivity index (χ2n) is 2.85. The Bertz CT molecular complexity index is 354. The first-order valence-electron chi connectivity index (χ1n) is 3.79. The Morgan fingerprint density at radius 2 is 2.00 bits per heavy atom. The molecule has 0 aliphatic heterocycles. The van der Waals surface area contributed by atoms with Crippen molar-refractivity contribution < 1.29 is 4.74 Å². The van der Waals surface area contributed by atoms with E-state index in [1.807, 2.05) is 31.5 Å². The molecule has 0 radical (unpaired) electrons. The Hall–Kier alpha value is -0.830. The van der Waals surface area contributed by atoms with Gasteiger partial charge in [-0.3, -0.25) is 0 Å². The summed E-state index contributed by atoms with van der Waals surface area (Å²) < 4.78 is 7.85. The van der Waals surface area contributed by atoms with Crippen LogP contribution in [0.4, 0.5) is 0 Å². The van der Waals surface area contributed by atoms with Gasteiger partial charge < -0.3 is 9.30 Å². The Morgan fingerprint density at radius 3 is 2.50 bits per heavy atom. The van der Waals surface area contributed by atoms with Crippen LogP contribution < -0.4 is 4.74 Å². The van der Waals surface area contributed by atoms with Crippen molar-refractivity contribution in [3.8, 4) is 5.75 Å². The van der Waals surface area contributed by atoms with Gasteiger partial charge in [-0.1, -0.05) is 12.2 Å². The van der Waals surface area contributed by atoms with Crippen molar-refractivity contribution >= 4 is 12.2 Å². The van der Waals surface area contributed by atoms with Crippen LogP contribution in [0.15, 0.2) is 6.07 Å². The summed E-state index contributed by atoms with van der Waals surface area (Å²) >= 11 is 5.18. The highest BCUT2D eigenvalue weighted by Crippen LogP contribution is 2.17. The van der Waals surface area contributed by atoms with E-state index in [1.54, 1.807) is 7.11 Å².